The summed E-state index contributed by atoms with van der Waals surface area (Å²) in [6, 6.07) is 9.54. The SMILES string of the molecule is Cc1cccc(C)c1NC(=O)CNS(=O)(=O)c1ccc(Cl)c(Cl)c1. The number of carbonyl (C=O) groups is 1. The number of benzene rings is 2. The largest absolute Gasteiger partial charge is 0.324 e. The van der Waals surface area contributed by atoms with E-state index in [0.29, 0.717) is 5.69 Å². The quantitative estimate of drug-likeness (QED) is 0.824. The molecule has 5 nitrogen and oxygen atoms in total. The minimum absolute atomic E-state index is 0.0585. The molecule has 0 aliphatic heterocycles. The maximum atomic E-state index is 12.2. The molecule has 0 saturated heterocycles. The second-order valence-electron chi connectivity index (χ2n) is 5.22. The first-order valence-corrected chi connectivity index (χ1v) is 9.25. The number of carbonyl (C=O) groups excluding carboxylic acids is 1. The molecule has 0 saturated carbocycles. The average Bonchev–Trinajstić information content (AvgIpc) is 2.52. The molecule has 2 aromatic rings. The number of para-hydroxylation sites is 1. The Hall–Kier alpha value is -1.60. The molecule has 0 fully saturated rings. The van der Waals surface area contributed by atoms with Gasteiger partial charge in [-0.2, -0.15) is 0 Å². The van der Waals surface area contributed by atoms with Crippen LogP contribution in [0.3, 0.4) is 0 Å². The van der Waals surface area contributed by atoms with Crippen molar-refractivity contribution >= 4 is 44.8 Å². The first kappa shape index (κ1) is 18.7. The maximum absolute atomic E-state index is 12.2. The Morgan fingerprint density at radius 3 is 2.25 bits per heavy atom. The second-order valence-corrected chi connectivity index (χ2v) is 7.80. The number of sulfonamides is 1. The van der Waals surface area contributed by atoms with Crippen LogP contribution in [0.2, 0.25) is 10.0 Å². The van der Waals surface area contributed by atoms with Crippen LogP contribution in [-0.2, 0) is 14.8 Å². The summed E-state index contributed by atoms with van der Waals surface area (Å²) in [5, 5.41) is 3.09. The van der Waals surface area contributed by atoms with Crippen molar-refractivity contribution in [1.29, 1.82) is 0 Å². The lowest BCUT2D eigenvalue weighted by molar-refractivity contribution is -0.115. The lowest BCUT2D eigenvalue weighted by Crippen LogP contribution is -2.33. The van der Waals surface area contributed by atoms with Crippen LogP contribution in [0.1, 0.15) is 11.1 Å². The van der Waals surface area contributed by atoms with Crippen molar-refractivity contribution in [3.63, 3.8) is 0 Å². The normalized spacial score (nSPS) is 11.3. The molecular weight excluding hydrogens is 371 g/mol. The number of halogens is 2. The molecule has 0 spiro atoms. The van der Waals surface area contributed by atoms with E-state index in [4.69, 9.17) is 23.2 Å². The number of amides is 1. The molecule has 2 rings (SSSR count). The van der Waals surface area contributed by atoms with Gasteiger partial charge in [-0.05, 0) is 43.2 Å². The number of aryl methyl sites for hydroxylation is 2. The summed E-state index contributed by atoms with van der Waals surface area (Å²) in [5.41, 5.74) is 2.47. The van der Waals surface area contributed by atoms with Gasteiger partial charge in [-0.15, -0.1) is 0 Å². The first-order valence-electron chi connectivity index (χ1n) is 7.01. The van der Waals surface area contributed by atoms with E-state index in [2.05, 4.69) is 10.0 Å². The smallest absolute Gasteiger partial charge is 0.241 e. The van der Waals surface area contributed by atoms with Gasteiger partial charge in [0, 0.05) is 5.69 Å². The molecule has 0 aliphatic carbocycles. The summed E-state index contributed by atoms with van der Waals surface area (Å²) in [7, 11) is -3.86. The van der Waals surface area contributed by atoms with Gasteiger partial charge in [0.05, 0.1) is 21.5 Å². The van der Waals surface area contributed by atoms with Crippen molar-refractivity contribution in [3.8, 4) is 0 Å². The van der Waals surface area contributed by atoms with E-state index in [1.165, 1.54) is 18.2 Å². The van der Waals surface area contributed by atoms with E-state index in [9.17, 15) is 13.2 Å². The van der Waals surface area contributed by atoms with Gasteiger partial charge >= 0.3 is 0 Å². The highest BCUT2D eigenvalue weighted by atomic mass is 35.5. The average molecular weight is 387 g/mol. The number of rotatable bonds is 5. The van der Waals surface area contributed by atoms with Gasteiger partial charge in [-0.25, -0.2) is 13.1 Å². The summed E-state index contributed by atoms with van der Waals surface area (Å²) >= 11 is 11.6. The highest BCUT2D eigenvalue weighted by molar-refractivity contribution is 7.89. The minimum Gasteiger partial charge on any atom is -0.324 e. The Kier molecular flexibility index (Phi) is 5.87. The zero-order chi connectivity index (χ0) is 17.9. The fourth-order valence-corrected chi connectivity index (χ4v) is 3.45. The molecule has 0 unspecified atom stereocenters. The van der Waals surface area contributed by atoms with E-state index in [1.54, 1.807) is 0 Å². The van der Waals surface area contributed by atoms with Crippen LogP contribution >= 0.6 is 23.2 Å². The highest BCUT2D eigenvalue weighted by Gasteiger charge is 2.17. The Morgan fingerprint density at radius 1 is 1.04 bits per heavy atom. The Balaban J connectivity index is 2.06. The lowest BCUT2D eigenvalue weighted by Gasteiger charge is -2.12. The van der Waals surface area contributed by atoms with Crippen LogP contribution in [0.15, 0.2) is 41.3 Å². The van der Waals surface area contributed by atoms with Crippen molar-refractivity contribution in [3.05, 3.63) is 57.6 Å². The maximum Gasteiger partial charge on any atom is 0.241 e. The predicted octanol–water partition coefficient (Wildman–Crippen LogP) is 3.53. The van der Waals surface area contributed by atoms with Crippen LogP contribution in [0.4, 0.5) is 5.69 Å². The lowest BCUT2D eigenvalue weighted by atomic mass is 10.1. The van der Waals surface area contributed by atoms with Gasteiger partial charge in [-0.1, -0.05) is 41.4 Å². The zero-order valence-electron chi connectivity index (χ0n) is 13.1. The number of hydrogen-bond acceptors (Lipinski definition) is 3. The summed E-state index contributed by atoms with van der Waals surface area (Å²) in [6.45, 7) is 3.33. The molecule has 1 amide bonds. The molecule has 0 radical (unpaired) electrons. The molecule has 0 bridgehead atoms. The molecule has 0 atom stereocenters. The summed E-state index contributed by atoms with van der Waals surface area (Å²) < 4.78 is 26.6. The van der Waals surface area contributed by atoms with E-state index in [1.807, 2.05) is 32.0 Å². The summed E-state index contributed by atoms with van der Waals surface area (Å²) in [5.74, 6) is -0.462. The highest BCUT2D eigenvalue weighted by Crippen LogP contribution is 2.24. The Labute approximate surface area is 151 Å². The molecular formula is C16H16Cl2N2O3S. The van der Waals surface area contributed by atoms with Crippen molar-refractivity contribution in [2.75, 3.05) is 11.9 Å². The van der Waals surface area contributed by atoms with Crippen molar-refractivity contribution < 1.29 is 13.2 Å². The summed E-state index contributed by atoms with van der Waals surface area (Å²) in [6.07, 6.45) is 0. The Bertz CT molecular complexity index is 863. The van der Waals surface area contributed by atoms with Gasteiger partial charge in [0.15, 0.2) is 0 Å². The van der Waals surface area contributed by atoms with Crippen LogP contribution in [0.5, 0.6) is 0 Å². The topological polar surface area (TPSA) is 75.3 Å². The predicted molar refractivity (Wildman–Crippen MR) is 96.2 cm³/mol. The molecule has 0 aromatic heterocycles. The third-order valence-electron chi connectivity index (χ3n) is 3.37. The van der Waals surface area contributed by atoms with Crippen LogP contribution in [-0.4, -0.2) is 20.9 Å². The standard InChI is InChI=1S/C16H16Cl2N2O3S/c1-10-4-3-5-11(2)16(10)20-15(21)9-19-24(22,23)12-6-7-13(17)14(18)8-12/h3-8,19H,9H2,1-2H3,(H,20,21). The summed E-state index contributed by atoms with van der Waals surface area (Å²) in [4.78, 5) is 12.0. The van der Waals surface area contributed by atoms with Gasteiger partial charge in [0.1, 0.15) is 0 Å². The number of hydrogen-bond donors (Lipinski definition) is 2. The molecule has 8 heteroatoms. The van der Waals surface area contributed by atoms with Gasteiger partial charge in [-0.3, -0.25) is 4.79 Å². The van der Waals surface area contributed by atoms with Gasteiger partial charge in [0.25, 0.3) is 0 Å². The molecule has 0 aliphatic rings. The second kappa shape index (κ2) is 7.53. The van der Waals surface area contributed by atoms with Gasteiger partial charge < -0.3 is 5.32 Å². The van der Waals surface area contributed by atoms with E-state index in [-0.39, 0.29) is 14.9 Å². The molecule has 2 N–H and O–H groups in total. The molecule has 2 aromatic carbocycles. The molecule has 128 valence electrons. The van der Waals surface area contributed by atoms with Gasteiger partial charge in [0.2, 0.25) is 15.9 Å². The number of anilines is 1. The monoisotopic (exact) mass is 386 g/mol. The third-order valence-corrected chi connectivity index (χ3v) is 5.51. The first-order chi connectivity index (χ1) is 11.2. The van der Waals surface area contributed by atoms with Crippen LogP contribution in [0.25, 0.3) is 0 Å². The molecule has 24 heavy (non-hydrogen) atoms. The minimum atomic E-state index is -3.86. The molecule has 0 heterocycles. The zero-order valence-corrected chi connectivity index (χ0v) is 15.4. The van der Waals surface area contributed by atoms with Crippen LogP contribution in [0, 0.1) is 13.8 Å². The number of nitrogens with one attached hydrogen (secondary N) is 2. The van der Waals surface area contributed by atoms with E-state index in [0.717, 1.165) is 11.1 Å². The van der Waals surface area contributed by atoms with E-state index < -0.39 is 22.5 Å². The fourth-order valence-electron chi connectivity index (χ4n) is 2.08. The van der Waals surface area contributed by atoms with Crippen molar-refractivity contribution in [1.82, 2.24) is 4.72 Å². The van der Waals surface area contributed by atoms with Crippen LogP contribution < -0.4 is 10.0 Å². The van der Waals surface area contributed by atoms with Crippen molar-refractivity contribution in [2.45, 2.75) is 18.7 Å². The van der Waals surface area contributed by atoms with E-state index >= 15 is 0 Å². The fraction of sp³-hybridized carbons (Fsp3) is 0.188. The Morgan fingerprint density at radius 2 is 1.67 bits per heavy atom. The van der Waals surface area contributed by atoms with Crippen molar-refractivity contribution in [2.24, 2.45) is 0 Å². The third kappa shape index (κ3) is 4.48.